The third kappa shape index (κ3) is 3.76. The number of amides is 1. The maximum atomic E-state index is 13.0. The second kappa shape index (κ2) is 8.08. The number of carbonyl (C=O) groups excluding carboxylic acids is 1. The average Bonchev–Trinajstić information content (AvgIpc) is 3.04. The molecular weight excluding hydrogens is 354 g/mol. The summed E-state index contributed by atoms with van der Waals surface area (Å²) >= 11 is 0. The zero-order chi connectivity index (χ0) is 19.5. The zero-order valence-electron chi connectivity index (χ0n) is 16.3. The molecule has 1 atom stereocenters. The Morgan fingerprint density at radius 2 is 2.04 bits per heavy atom. The summed E-state index contributed by atoms with van der Waals surface area (Å²) in [4.78, 5) is 24.4. The molecule has 4 heterocycles. The molecule has 0 radical (unpaired) electrons. The lowest BCUT2D eigenvalue weighted by Gasteiger charge is -2.34. The predicted octanol–water partition coefficient (Wildman–Crippen LogP) is 2.15. The fourth-order valence-corrected chi connectivity index (χ4v) is 3.70. The van der Waals surface area contributed by atoms with Crippen LogP contribution in [0.25, 0.3) is 5.65 Å². The van der Waals surface area contributed by atoms with Gasteiger partial charge in [0.15, 0.2) is 0 Å². The number of morpholine rings is 1. The molecule has 0 spiro atoms. The summed E-state index contributed by atoms with van der Waals surface area (Å²) < 4.78 is 7.35. The highest BCUT2D eigenvalue weighted by Crippen LogP contribution is 2.20. The Morgan fingerprint density at radius 1 is 1.21 bits per heavy atom. The SMILES string of the molecule is Cc1ccc2nc(C)c(C(=O)NC[C@@H](c3ccccn3)N3CCOCC3)n2c1. The highest BCUT2D eigenvalue weighted by atomic mass is 16.5. The molecule has 0 aliphatic carbocycles. The number of pyridine rings is 2. The van der Waals surface area contributed by atoms with Crippen molar-refractivity contribution in [2.75, 3.05) is 32.8 Å². The van der Waals surface area contributed by atoms with E-state index in [0.717, 1.165) is 35.7 Å². The van der Waals surface area contributed by atoms with Crippen LogP contribution in [0.2, 0.25) is 0 Å². The van der Waals surface area contributed by atoms with Crippen molar-refractivity contribution in [2.24, 2.45) is 0 Å². The summed E-state index contributed by atoms with van der Waals surface area (Å²) in [5, 5.41) is 3.11. The van der Waals surface area contributed by atoms with Gasteiger partial charge in [-0.2, -0.15) is 0 Å². The Balaban J connectivity index is 1.56. The molecule has 1 aliphatic heterocycles. The number of rotatable bonds is 5. The molecule has 4 rings (SSSR count). The van der Waals surface area contributed by atoms with Gasteiger partial charge in [-0.15, -0.1) is 0 Å². The van der Waals surface area contributed by atoms with Crippen LogP contribution in [0.15, 0.2) is 42.7 Å². The Bertz CT molecular complexity index is 964. The van der Waals surface area contributed by atoms with Crippen molar-refractivity contribution in [2.45, 2.75) is 19.9 Å². The van der Waals surface area contributed by atoms with Gasteiger partial charge in [-0.1, -0.05) is 12.1 Å². The van der Waals surface area contributed by atoms with Gasteiger partial charge in [0, 0.05) is 32.0 Å². The maximum Gasteiger partial charge on any atom is 0.270 e. The van der Waals surface area contributed by atoms with Crippen LogP contribution in [-0.4, -0.2) is 58.0 Å². The van der Waals surface area contributed by atoms with E-state index >= 15 is 0 Å². The van der Waals surface area contributed by atoms with Gasteiger partial charge in [0.1, 0.15) is 11.3 Å². The molecule has 0 saturated carbocycles. The van der Waals surface area contributed by atoms with E-state index in [-0.39, 0.29) is 11.9 Å². The summed E-state index contributed by atoms with van der Waals surface area (Å²) in [5.41, 5.74) is 4.13. The topological polar surface area (TPSA) is 71.8 Å². The van der Waals surface area contributed by atoms with Crippen molar-refractivity contribution >= 4 is 11.6 Å². The number of nitrogens with zero attached hydrogens (tertiary/aromatic N) is 4. The molecule has 3 aromatic heterocycles. The van der Waals surface area contributed by atoms with Crippen LogP contribution in [0.3, 0.4) is 0 Å². The number of aromatic nitrogens is 3. The minimum Gasteiger partial charge on any atom is -0.379 e. The van der Waals surface area contributed by atoms with E-state index in [0.29, 0.717) is 25.5 Å². The first-order valence-corrected chi connectivity index (χ1v) is 9.60. The van der Waals surface area contributed by atoms with Crippen molar-refractivity contribution in [3.8, 4) is 0 Å². The van der Waals surface area contributed by atoms with E-state index in [9.17, 15) is 4.79 Å². The van der Waals surface area contributed by atoms with Crippen LogP contribution < -0.4 is 5.32 Å². The van der Waals surface area contributed by atoms with Crippen LogP contribution in [0.4, 0.5) is 0 Å². The van der Waals surface area contributed by atoms with Crippen LogP contribution >= 0.6 is 0 Å². The normalized spacial score (nSPS) is 16.2. The van der Waals surface area contributed by atoms with Crippen molar-refractivity contribution < 1.29 is 9.53 Å². The van der Waals surface area contributed by atoms with Gasteiger partial charge < -0.3 is 10.1 Å². The summed E-state index contributed by atoms with van der Waals surface area (Å²) in [7, 11) is 0. The summed E-state index contributed by atoms with van der Waals surface area (Å²) in [6.45, 7) is 7.40. The Hall–Kier alpha value is -2.77. The van der Waals surface area contributed by atoms with Gasteiger partial charge in [0.2, 0.25) is 0 Å². The molecule has 0 unspecified atom stereocenters. The van der Waals surface area contributed by atoms with E-state index in [2.05, 4.69) is 20.2 Å². The van der Waals surface area contributed by atoms with E-state index in [1.807, 2.05) is 54.8 Å². The van der Waals surface area contributed by atoms with Gasteiger partial charge in [-0.05, 0) is 37.6 Å². The molecule has 146 valence electrons. The van der Waals surface area contributed by atoms with E-state index < -0.39 is 0 Å². The lowest BCUT2D eigenvalue weighted by molar-refractivity contribution is 0.0153. The second-order valence-corrected chi connectivity index (χ2v) is 7.11. The average molecular weight is 379 g/mol. The highest BCUT2D eigenvalue weighted by molar-refractivity contribution is 5.94. The first-order valence-electron chi connectivity index (χ1n) is 9.60. The van der Waals surface area contributed by atoms with Crippen molar-refractivity contribution in [1.29, 1.82) is 0 Å². The number of imidazole rings is 1. The largest absolute Gasteiger partial charge is 0.379 e. The van der Waals surface area contributed by atoms with Crippen LogP contribution in [-0.2, 0) is 4.74 Å². The molecule has 1 aliphatic rings. The Morgan fingerprint density at radius 3 is 2.79 bits per heavy atom. The predicted molar refractivity (Wildman–Crippen MR) is 106 cm³/mol. The number of aryl methyl sites for hydroxylation is 2. The standard InChI is InChI=1S/C21H25N5O2/c1-15-6-7-19-24-16(2)20(26(19)14-15)21(27)23-13-18(17-5-3-4-8-22-17)25-9-11-28-12-10-25/h3-8,14,18H,9-13H2,1-2H3,(H,23,27)/t18-/m0/s1. The zero-order valence-corrected chi connectivity index (χ0v) is 16.3. The molecule has 28 heavy (non-hydrogen) atoms. The molecule has 1 N–H and O–H groups in total. The van der Waals surface area contributed by atoms with Crippen molar-refractivity contribution in [1.82, 2.24) is 24.6 Å². The molecule has 1 saturated heterocycles. The molecule has 1 fully saturated rings. The van der Waals surface area contributed by atoms with Gasteiger partial charge in [0.05, 0.1) is 30.6 Å². The molecule has 3 aromatic rings. The first kappa shape index (κ1) is 18.6. The molecule has 7 nitrogen and oxygen atoms in total. The van der Waals surface area contributed by atoms with E-state index in [1.54, 1.807) is 6.20 Å². The van der Waals surface area contributed by atoms with E-state index in [1.165, 1.54) is 0 Å². The summed E-state index contributed by atoms with van der Waals surface area (Å²) in [6.07, 6.45) is 3.74. The summed E-state index contributed by atoms with van der Waals surface area (Å²) in [6, 6.07) is 9.84. The summed E-state index contributed by atoms with van der Waals surface area (Å²) in [5.74, 6) is -0.121. The molecular formula is C21H25N5O2. The number of fused-ring (bicyclic) bond motifs is 1. The quantitative estimate of drug-likeness (QED) is 0.735. The van der Waals surface area contributed by atoms with Gasteiger partial charge >= 0.3 is 0 Å². The minimum absolute atomic E-state index is 0.00952. The van der Waals surface area contributed by atoms with Gasteiger partial charge in [0.25, 0.3) is 5.91 Å². The second-order valence-electron chi connectivity index (χ2n) is 7.11. The van der Waals surface area contributed by atoms with Crippen LogP contribution in [0.5, 0.6) is 0 Å². The maximum absolute atomic E-state index is 13.0. The minimum atomic E-state index is -0.121. The van der Waals surface area contributed by atoms with Crippen LogP contribution in [0, 0.1) is 13.8 Å². The number of nitrogens with one attached hydrogen (secondary N) is 1. The number of hydrogen-bond acceptors (Lipinski definition) is 5. The Kier molecular flexibility index (Phi) is 5.36. The lowest BCUT2D eigenvalue weighted by Crippen LogP contribution is -2.44. The first-order chi connectivity index (χ1) is 13.6. The van der Waals surface area contributed by atoms with Crippen LogP contribution in [0.1, 0.15) is 33.5 Å². The number of ether oxygens (including phenoxy) is 1. The molecule has 1 amide bonds. The number of carbonyl (C=O) groups is 1. The smallest absolute Gasteiger partial charge is 0.270 e. The molecule has 0 aromatic carbocycles. The molecule has 0 bridgehead atoms. The van der Waals surface area contributed by atoms with E-state index in [4.69, 9.17) is 4.74 Å². The van der Waals surface area contributed by atoms with Gasteiger partial charge in [-0.3, -0.25) is 19.1 Å². The molecule has 7 heteroatoms. The lowest BCUT2D eigenvalue weighted by atomic mass is 10.1. The van der Waals surface area contributed by atoms with Gasteiger partial charge in [-0.25, -0.2) is 4.98 Å². The highest BCUT2D eigenvalue weighted by Gasteiger charge is 2.25. The monoisotopic (exact) mass is 379 g/mol. The Labute approximate surface area is 164 Å². The number of hydrogen-bond donors (Lipinski definition) is 1. The fraction of sp³-hybridized carbons (Fsp3) is 0.381. The van der Waals surface area contributed by atoms with Crippen molar-refractivity contribution in [3.63, 3.8) is 0 Å². The third-order valence-corrected chi connectivity index (χ3v) is 5.13. The van der Waals surface area contributed by atoms with Crippen molar-refractivity contribution in [3.05, 3.63) is 65.4 Å². The fourth-order valence-electron chi connectivity index (χ4n) is 3.70. The third-order valence-electron chi connectivity index (χ3n) is 5.13.